The third kappa shape index (κ3) is 6.97. The molecule has 1 aliphatic heterocycles. The molecule has 1 heterocycles. The van der Waals surface area contributed by atoms with Crippen molar-refractivity contribution < 1.29 is 19.1 Å². The lowest BCUT2D eigenvalue weighted by molar-refractivity contribution is -0.151. The maximum Gasteiger partial charge on any atom is 0.309 e. The van der Waals surface area contributed by atoms with Crippen LogP contribution in [0.5, 0.6) is 0 Å². The molecule has 172 valence electrons. The molecule has 0 unspecified atom stereocenters. The van der Waals surface area contributed by atoms with Crippen molar-refractivity contribution in [2.45, 2.75) is 46.5 Å². The molecular formula is C24H37N3O4. The normalized spacial score (nSPS) is 14.3. The maximum atomic E-state index is 12.8. The molecule has 0 saturated carbocycles. The second kappa shape index (κ2) is 12.3. The van der Waals surface area contributed by atoms with Gasteiger partial charge in [0, 0.05) is 44.5 Å². The molecule has 0 N–H and O–H groups in total. The molecular weight excluding hydrogens is 394 g/mol. The molecule has 0 aliphatic carbocycles. The molecule has 1 saturated heterocycles. The fourth-order valence-corrected chi connectivity index (χ4v) is 3.85. The molecule has 0 bridgehead atoms. The van der Waals surface area contributed by atoms with E-state index in [2.05, 4.69) is 18.7 Å². The first-order valence-electron chi connectivity index (χ1n) is 11.5. The fourth-order valence-electron chi connectivity index (χ4n) is 3.85. The summed E-state index contributed by atoms with van der Waals surface area (Å²) in [5.74, 6) is -0.576. The topological polar surface area (TPSA) is 70.2 Å². The van der Waals surface area contributed by atoms with E-state index in [9.17, 15) is 14.4 Å². The van der Waals surface area contributed by atoms with Crippen molar-refractivity contribution in [2.24, 2.45) is 5.92 Å². The van der Waals surface area contributed by atoms with E-state index < -0.39 is 0 Å². The molecule has 0 aromatic heterocycles. The Morgan fingerprint density at radius 3 is 2.26 bits per heavy atom. The number of hydrogen-bond donors (Lipinski definition) is 0. The fraction of sp³-hybridized carbons (Fsp3) is 0.625. The zero-order valence-electron chi connectivity index (χ0n) is 19.4. The number of benzene rings is 1. The molecule has 2 amide bonds. The van der Waals surface area contributed by atoms with Crippen LogP contribution in [0.3, 0.4) is 0 Å². The summed E-state index contributed by atoms with van der Waals surface area (Å²) in [5, 5.41) is 0. The van der Waals surface area contributed by atoms with Crippen LogP contribution in [0.15, 0.2) is 24.3 Å². The standard InChI is InChI=1S/C24H37N3O4/c1-5-8-15-26(6-2)21-11-9-19(10-12-21)23(29)25(4)18-22(28)27-16-13-20(14-17-27)24(30)31-7-3/h9-12,20H,5-8,13-18H2,1-4H3. The number of esters is 1. The van der Waals surface area contributed by atoms with E-state index >= 15 is 0 Å². The molecule has 7 heteroatoms. The predicted molar refractivity (Wildman–Crippen MR) is 122 cm³/mol. The first kappa shape index (κ1) is 24.7. The quantitative estimate of drug-likeness (QED) is 0.532. The molecule has 1 aromatic rings. The van der Waals surface area contributed by atoms with E-state index in [1.807, 2.05) is 24.3 Å². The Balaban J connectivity index is 1.87. The first-order valence-corrected chi connectivity index (χ1v) is 11.5. The van der Waals surface area contributed by atoms with E-state index in [1.54, 1.807) is 18.9 Å². The Bertz CT molecular complexity index is 727. The highest BCUT2D eigenvalue weighted by Crippen LogP contribution is 2.20. The van der Waals surface area contributed by atoms with Gasteiger partial charge in [-0.05, 0) is 57.4 Å². The van der Waals surface area contributed by atoms with Gasteiger partial charge in [0.25, 0.3) is 5.91 Å². The highest BCUT2D eigenvalue weighted by molar-refractivity contribution is 5.96. The number of likely N-dealkylation sites (N-methyl/N-ethyl adjacent to an activating group) is 1. The van der Waals surface area contributed by atoms with Crippen LogP contribution >= 0.6 is 0 Å². The van der Waals surface area contributed by atoms with E-state index in [0.717, 1.165) is 31.6 Å². The Hall–Kier alpha value is -2.57. The zero-order valence-corrected chi connectivity index (χ0v) is 19.4. The number of carbonyl (C=O) groups is 3. The number of piperidine rings is 1. The molecule has 31 heavy (non-hydrogen) atoms. The number of nitrogens with zero attached hydrogens (tertiary/aromatic N) is 3. The summed E-state index contributed by atoms with van der Waals surface area (Å²) < 4.78 is 5.07. The lowest BCUT2D eigenvalue weighted by Gasteiger charge is -2.32. The lowest BCUT2D eigenvalue weighted by atomic mass is 9.97. The van der Waals surface area contributed by atoms with Gasteiger partial charge in [-0.2, -0.15) is 0 Å². The molecule has 0 atom stereocenters. The number of likely N-dealkylation sites (tertiary alicyclic amines) is 1. The van der Waals surface area contributed by atoms with Gasteiger partial charge < -0.3 is 19.4 Å². The molecule has 0 radical (unpaired) electrons. The van der Waals surface area contributed by atoms with E-state index in [4.69, 9.17) is 4.74 Å². The van der Waals surface area contributed by atoms with Crippen LogP contribution in [0.1, 0.15) is 56.8 Å². The van der Waals surface area contributed by atoms with Crippen LogP contribution in [0, 0.1) is 5.92 Å². The van der Waals surface area contributed by atoms with Crippen molar-refractivity contribution in [3.8, 4) is 0 Å². The number of unbranched alkanes of at least 4 members (excludes halogenated alkanes) is 1. The smallest absolute Gasteiger partial charge is 0.309 e. The number of amides is 2. The Morgan fingerprint density at radius 2 is 1.71 bits per heavy atom. The summed E-state index contributed by atoms with van der Waals surface area (Å²) in [5.41, 5.74) is 1.68. The zero-order chi connectivity index (χ0) is 22.8. The van der Waals surface area contributed by atoms with E-state index in [-0.39, 0.29) is 30.2 Å². The maximum absolute atomic E-state index is 12.8. The molecule has 7 nitrogen and oxygen atoms in total. The minimum absolute atomic E-state index is 0.0300. The summed E-state index contributed by atoms with van der Waals surface area (Å²) in [7, 11) is 1.65. The predicted octanol–water partition coefficient (Wildman–Crippen LogP) is 3.19. The monoisotopic (exact) mass is 431 g/mol. The third-order valence-electron chi connectivity index (χ3n) is 5.83. The highest BCUT2D eigenvalue weighted by atomic mass is 16.5. The Morgan fingerprint density at radius 1 is 1.06 bits per heavy atom. The molecule has 0 spiro atoms. The van der Waals surface area contributed by atoms with Crippen molar-refractivity contribution >= 4 is 23.5 Å². The van der Waals surface area contributed by atoms with Gasteiger partial charge in [0.1, 0.15) is 0 Å². The first-order chi connectivity index (χ1) is 14.9. The van der Waals surface area contributed by atoms with Gasteiger partial charge in [-0.1, -0.05) is 13.3 Å². The molecule has 1 fully saturated rings. The Labute approximate surface area is 186 Å². The van der Waals surface area contributed by atoms with Gasteiger partial charge in [0.05, 0.1) is 19.1 Å². The minimum atomic E-state index is -0.179. The summed E-state index contributed by atoms with van der Waals surface area (Å²) in [6.45, 7) is 9.47. The van der Waals surface area contributed by atoms with Gasteiger partial charge in [-0.25, -0.2) is 0 Å². The highest BCUT2D eigenvalue weighted by Gasteiger charge is 2.29. The van der Waals surface area contributed by atoms with Gasteiger partial charge in [-0.15, -0.1) is 0 Å². The molecule has 1 aliphatic rings. The van der Waals surface area contributed by atoms with Crippen molar-refractivity contribution in [1.29, 1.82) is 0 Å². The number of anilines is 1. The van der Waals surface area contributed by atoms with Gasteiger partial charge in [0.15, 0.2) is 0 Å². The minimum Gasteiger partial charge on any atom is -0.466 e. The number of rotatable bonds is 10. The van der Waals surface area contributed by atoms with Crippen molar-refractivity contribution in [2.75, 3.05) is 51.3 Å². The second-order valence-corrected chi connectivity index (χ2v) is 8.05. The largest absolute Gasteiger partial charge is 0.466 e. The van der Waals surface area contributed by atoms with Crippen LogP contribution in [0.4, 0.5) is 5.69 Å². The molecule has 1 aromatic carbocycles. The van der Waals surface area contributed by atoms with Crippen LogP contribution in [-0.2, 0) is 14.3 Å². The average molecular weight is 432 g/mol. The molecule has 2 rings (SSSR count). The average Bonchev–Trinajstić information content (AvgIpc) is 2.79. The summed E-state index contributed by atoms with van der Waals surface area (Å²) in [6.07, 6.45) is 3.49. The SMILES string of the molecule is CCCCN(CC)c1ccc(C(=O)N(C)CC(=O)N2CCC(C(=O)OCC)CC2)cc1. The van der Waals surface area contributed by atoms with Crippen LogP contribution < -0.4 is 4.90 Å². The second-order valence-electron chi connectivity index (χ2n) is 8.05. The third-order valence-corrected chi connectivity index (χ3v) is 5.83. The van der Waals surface area contributed by atoms with Crippen LogP contribution in [0.25, 0.3) is 0 Å². The Kier molecular flexibility index (Phi) is 9.82. The van der Waals surface area contributed by atoms with Crippen molar-refractivity contribution in [3.63, 3.8) is 0 Å². The summed E-state index contributed by atoms with van der Waals surface area (Å²) >= 11 is 0. The van der Waals surface area contributed by atoms with Crippen LogP contribution in [0.2, 0.25) is 0 Å². The van der Waals surface area contributed by atoms with E-state index in [0.29, 0.717) is 38.1 Å². The van der Waals surface area contributed by atoms with Crippen LogP contribution in [-0.4, -0.2) is 74.0 Å². The lowest BCUT2D eigenvalue weighted by Crippen LogP contribution is -2.45. The van der Waals surface area contributed by atoms with Gasteiger partial charge >= 0.3 is 5.97 Å². The van der Waals surface area contributed by atoms with Gasteiger partial charge in [0.2, 0.25) is 5.91 Å². The summed E-state index contributed by atoms with van der Waals surface area (Å²) in [6, 6.07) is 7.61. The number of carbonyl (C=O) groups excluding carboxylic acids is 3. The van der Waals surface area contributed by atoms with Gasteiger partial charge in [-0.3, -0.25) is 14.4 Å². The van der Waals surface area contributed by atoms with E-state index in [1.165, 1.54) is 4.90 Å². The van der Waals surface area contributed by atoms with Crippen molar-refractivity contribution in [3.05, 3.63) is 29.8 Å². The number of ether oxygens (including phenoxy) is 1. The van der Waals surface area contributed by atoms with Crippen molar-refractivity contribution in [1.82, 2.24) is 9.80 Å². The number of hydrogen-bond acceptors (Lipinski definition) is 5. The summed E-state index contributed by atoms with van der Waals surface area (Å²) in [4.78, 5) is 42.8.